The second-order valence-electron chi connectivity index (χ2n) is 2.72. The number of hydrogen-bond acceptors (Lipinski definition) is 3. The second kappa shape index (κ2) is 4.91. The Morgan fingerprint density at radius 1 is 1.06 bits per heavy atom. The Bertz CT molecular complexity index is 408. The van der Waals surface area contributed by atoms with Crippen molar-refractivity contribution in [1.29, 1.82) is 0 Å². The van der Waals surface area contributed by atoms with E-state index in [1.54, 1.807) is 0 Å². The van der Waals surface area contributed by atoms with Crippen molar-refractivity contribution in [1.82, 2.24) is 0 Å². The van der Waals surface area contributed by atoms with Gasteiger partial charge in [-0.2, -0.15) is 0 Å². The molecule has 0 bridgehead atoms. The van der Waals surface area contributed by atoms with E-state index in [0.29, 0.717) is 0 Å². The van der Waals surface area contributed by atoms with Crippen molar-refractivity contribution in [2.75, 3.05) is 0 Å². The fourth-order valence-electron chi connectivity index (χ4n) is 0.913. The first-order chi connectivity index (χ1) is 7.29. The number of ether oxygens (including phenoxy) is 1. The summed E-state index contributed by atoms with van der Waals surface area (Å²) >= 11 is 15.8. The molecular weight excluding hydrogens is 278 g/mol. The number of halogens is 3. The minimum absolute atomic E-state index is 0.0467. The van der Waals surface area contributed by atoms with Gasteiger partial charge in [0.15, 0.2) is 0 Å². The molecule has 0 saturated heterocycles. The molecule has 0 heterocycles. The Hall–Kier alpha value is -0.970. The highest BCUT2D eigenvalue weighted by Gasteiger charge is 2.25. The molecule has 0 fully saturated rings. The Morgan fingerprint density at radius 2 is 1.50 bits per heavy atom. The van der Waals surface area contributed by atoms with Gasteiger partial charge in [-0.05, 0) is 59.1 Å². The number of aromatic carboxylic acids is 1. The summed E-state index contributed by atoms with van der Waals surface area (Å²) in [5.41, 5.74) is 0.141. The third-order valence-corrected chi connectivity index (χ3v) is 1.81. The summed E-state index contributed by atoms with van der Waals surface area (Å²) in [6.45, 7) is 0. The van der Waals surface area contributed by atoms with E-state index in [0.717, 1.165) is 0 Å². The van der Waals surface area contributed by atoms with E-state index in [-0.39, 0.29) is 11.1 Å². The first kappa shape index (κ1) is 13.1. The third-order valence-electron chi connectivity index (χ3n) is 1.58. The van der Waals surface area contributed by atoms with Crippen molar-refractivity contribution in [3.05, 3.63) is 35.4 Å². The Labute approximate surface area is 106 Å². The maximum absolute atomic E-state index is 11.3. The van der Waals surface area contributed by atoms with Crippen molar-refractivity contribution in [3.63, 3.8) is 0 Å². The van der Waals surface area contributed by atoms with Crippen LogP contribution in [0.3, 0.4) is 0 Å². The molecule has 0 aliphatic rings. The van der Waals surface area contributed by atoms with Crippen LogP contribution in [0.2, 0.25) is 0 Å². The van der Waals surface area contributed by atoms with Crippen LogP contribution in [0, 0.1) is 0 Å². The molecule has 0 aliphatic carbocycles. The molecule has 7 heteroatoms. The lowest BCUT2D eigenvalue weighted by molar-refractivity contribution is 0.0490. The van der Waals surface area contributed by atoms with Crippen LogP contribution in [-0.4, -0.2) is 21.0 Å². The number of carboxylic acids is 1. The van der Waals surface area contributed by atoms with Crippen molar-refractivity contribution >= 4 is 46.7 Å². The zero-order valence-electron chi connectivity index (χ0n) is 7.62. The number of rotatable bonds is 2. The van der Waals surface area contributed by atoms with E-state index in [4.69, 9.17) is 39.9 Å². The van der Waals surface area contributed by atoms with Gasteiger partial charge in [-0.1, -0.05) is 0 Å². The Morgan fingerprint density at radius 3 is 1.88 bits per heavy atom. The number of carbonyl (C=O) groups excluding carboxylic acids is 1. The van der Waals surface area contributed by atoms with Crippen LogP contribution in [0.4, 0.5) is 0 Å². The van der Waals surface area contributed by atoms with Crippen molar-refractivity contribution in [2.45, 2.75) is 3.98 Å². The van der Waals surface area contributed by atoms with E-state index in [2.05, 4.69) is 4.74 Å². The van der Waals surface area contributed by atoms with Crippen LogP contribution in [0.15, 0.2) is 24.3 Å². The van der Waals surface area contributed by atoms with Gasteiger partial charge in [0.05, 0.1) is 11.1 Å². The highest BCUT2D eigenvalue weighted by Crippen LogP contribution is 2.28. The van der Waals surface area contributed by atoms with Gasteiger partial charge in [-0.15, -0.1) is 0 Å². The van der Waals surface area contributed by atoms with Crippen molar-refractivity contribution < 1.29 is 19.4 Å². The normalized spacial score (nSPS) is 10.9. The SMILES string of the molecule is O=C(O)c1ccc(C(=O)OC(Cl)(Cl)Cl)cc1. The number of carbonyl (C=O) groups is 2. The molecule has 0 unspecified atom stereocenters. The van der Waals surface area contributed by atoms with Crippen LogP contribution >= 0.6 is 34.8 Å². The van der Waals surface area contributed by atoms with Gasteiger partial charge in [-0.3, -0.25) is 0 Å². The lowest BCUT2D eigenvalue weighted by atomic mass is 10.1. The molecule has 1 aromatic rings. The minimum atomic E-state index is -2.14. The monoisotopic (exact) mass is 282 g/mol. The largest absolute Gasteiger partial charge is 0.478 e. The highest BCUT2D eigenvalue weighted by molar-refractivity contribution is 6.66. The number of esters is 1. The standard InChI is InChI=1S/C9H5Cl3O4/c10-9(11,12)16-8(15)6-3-1-5(2-4-6)7(13)14/h1-4H,(H,13,14). The van der Waals surface area contributed by atoms with Crippen LogP contribution in [0.1, 0.15) is 20.7 Å². The highest BCUT2D eigenvalue weighted by atomic mass is 35.6. The average Bonchev–Trinajstić information content (AvgIpc) is 2.15. The van der Waals surface area contributed by atoms with Gasteiger partial charge in [0.1, 0.15) is 0 Å². The molecule has 0 amide bonds. The smallest absolute Gasteiger partial charge is 0.341 e. The van der Waals surface area contributed by atoms with E-state index in [1.807, 2.05) is 0 Å². The lowest BCUT2D eigenvalue weighted by Crippen LogP contribution is -2.16. The molecule has 16 heavy (non-hydrogen) atoms. The molecule has 0 aromatic heterocycles. The van der Waals surface area contributed by atoms with Crippen LogP contribution in [0.5, 0.6) is 0 Å². The van der Waals surface area contributed by atoms with Gasteiger partial charge in [-0.25, -0.2) is 9.59 Å². The summed E-state index contributed by atoms with van der Waals surface area (Å²) in [4.78, 5) is 21.8. The summed E-state index contributed by atoms with van der Waals surface area (Å²) < 4.78 is 2.30. The summed E-state index contributed by atoms with van der Waals surface area (Å²) in [6, 6.07) is 5.03. The lowest BCUT2D eigenvalue weighted by Gasteiger charge is -2.11. The van der Waals surface area contributed by atoms with E-state index in [1.165, 1.54) is 24.3 Å². The first-order valence-corrected chi connectivity index (χ1v) is 5.06. The number of hydrogen-bond donors (Lipinski definition) is 1. The molecule has 1 rings (SSSR count). The zero-order chi connectivity index (χ0) is 12.3. The summed E-state index contributed by atoms with van der Waals surface area (Å²) in [7, 11) is 0. The van der Waals surface area contributed by atoms with Crippen molar-refractivity contribution in [3.8, 4) is 0 Å². The van der Waals surface area contributed by atoms with Gasteiger partial charge in [0.2, 0.25) is 0 Å². The third kappa shape index (κ3) is 3.89. The fraction of sp³-hybridized carbons (Fsp3) is 0.111. The molecule has 86 valence electrons. The van der Waals surface area contributed by atoms with Crippen LogP contribution < -0.4 is 0 Å². The van der Waals surface area contributed by atoms with Gasteiger partial charge in [0, 0.05) is 0 Å². The van der Waals surface area contributed by atoms with E-state index < -0.39 is 15.9 Å². The van der Waals surface area contributed by atoms with Crippen LogP contribution in [-0.2, 0) is 4.74 Å². The molecule has 0 aliphatic heterocycles. The number of alkyl halides is 3. The van der Waals surface area contributed by atoms with E-state index >= 15 is 0 Å². The number of benzene rings is 1. The predicted octanol–water partition coefficient (Wildman–Crippen LogP) is 2.87. The molecule has 1 N–H and O–H groups in total. The van der Waals surface area contributed by atoms with Crippen LogP contribution in [0.25, 0.3) is 0 Å². The Balaban J connectivity index is 2.82. The van der Waals surface area contributed by atoms with E-state index in [9.17, 15) is 9.59 Å². The quantitative estimate of drug-likeness (QED) is 0.669. The zero-order valence-corrected chi connectivity index (χ0v) is 9.88. The summed E-state index contributed by atoms with van der Waals surface area (Å²) in [5, 5.41) is 8.62. The maximum atomic E-state index is 11.3. The second-order valence-corrected chi connectivity index (χ2v) is 4.89. The molecular formula is C9H5Cl3O4. The topological polar surface area (TPSA) is 63.6 Å². The predicted molar refractivity (Wildman–Crippen MR) is 59.1 cm³/mol. The van der Waals surface area contributed by atoms with Gasteiger partial charge < -0.3 is 9.84 Å². The summed E-state index contributed by atoms with van der Waals surface area (Å²) in [6.07, 6.45) is 0. The molecule has 1 aromatic carbocycles. The minimum Gasteiger partial charge on any atom is -0.478 e. The molecule has 0 saturated carbocycles. The van der Waals surface area contributed by atoms with Gasteiger partial charge >= 0.3 is 15.9 Å². The molecule has 0 radical (unpaired) electrons. The molecule has 0 spiro atoms. The van der Waals surface area contributed by atoms with Crippen molar-refractivity contribution in [2.24, 2.45) is 0 Å². The van der Waals surface area contributed by atoms with Gasteiger partial charge in [0.25, 0.3) is 0 Å². The Kier molecular flexibility index (Phi) is 4.02. The number of carboxylic acid groups (broad SMARTS) is 1. The summed E-state index contributed by atoms with van der Waals surface area (Å²) in [5.74, 6) is -1.95. The average molecular weight is 283 g/mol. The molecule has 4 nitrogen and oxygen atoms in total. The molecule has 0 atom stereocenters. The first-order valence-electron chi connectivity index (χ1n) is 3.93. The fourth-order valence-corrected chi connectivity index (χ4v) is 1.12. The maximum Gasteiger partial charge on any atom is 0.341 e.